The normalized spacial score (nSPS) is 12.8. The molecule has 0 aliphatic rings. The number of carboxylic acids is 1. The number of carboxylic acid groups (broad SMARTS) is 1. The zero-order valence-electron chi connectivity index (χ0n) is 16.0. The first kappa shape index (κ1) is 21.8. The van der Waals surface area contributed by atoms with Gasteiger partial charge in [-0.3, -0.25) is 0 Å². The van der Waals surface area contributed by atoms with Gasteiger partial charge in [0, 0.05) is 10.6 Å². The molecule has 0 fully saturated rings. The summed E-state index contributed by atoms with van der Waals surface area (Å²) >= 11 is 7.32. The first-order valence-electron chi connectivity index (χ1n) is 8.92. The molecule has 8 heteroatoms. The summed E-state index contributed by atoms with van der Waals surface area (Å²) in [5.41, 5.74) is 7.07. The molecule has 0 bridgehead atoms. The fourth-order valence-corrected chi connectivity index (χ4v) is 4.20. The predicted molar refractivity (Wildman–Crippen MR) is 118 cm³/mol. The number of methoxy groups -OCH3 is 1. The standard InChI is InChI=1S/C22H20ClNO5S/c1-28-18-10-7-13(11-16(18)23)21(20(25)22(26)27)30-19-12-15(8-9-17(19)24)29-14-5-3-2-4-6-14/h2-12,20-21,25H,24H2,1H3,(H,26,27). The number of para-hydroxylation sites is 1. The zero-order valence-corrected chi connectivity index (χ0v) is 17.6. The number of halogens is 1. The van der Waals surface area contributed by atoms with Crippen molar-refractivity contribution in [3.63, 3.8) is 0 Å². The van der Waals surface area contributed by atoms with Gasteiger partial charge in [-0.1, -0.05) is 35.9 Å². The molecule has 0 amide bonds. The average molecular weight is 446 g/mol. The summed E-state index contributed by atoms with van der Waals surface area (Å²) in [6.45, 7) is 0. The van der Waals surface area contributed by atoms with Crippen molar-refractivity contribution < 1.29 is 24.5 Å². The van der Waals surface area contributed by atoms with Crippen LogP contribution in [0.2, 0.25) is 5.02 Å². The van der Waals surface area contributed by atoms with Gasteiger partial charge in [0.25, 0.3) is 0 Å². The number of aliphatic carboxylic acids is 1. The van der Waals surface area contributed by atoms with Crippen molar-refractivity contribution in [1.82, 2.24) is 0 Å². The Bertz CT molecular complexity index is 1030. The van der Waals surface area contributed by atoms with E-state index in [9.17, 15) is 15.0 Å². The topological polar surface area (TPSA) is 102 Å². The van der Waals surface area contributed by atoms with Crippen LogP contribution in [0.3, 0.4) is 0 Å². The van der Waals surface area contributed by atoms with Crippen LogP contribution >= 0.6 is 23.4 Å². The van der Waals surface area contributed by atoms with E-state index in [0.717, 1.165) is 11.8 Å². The molecule has 3 aromatic carbocycles. The summed E-state index contributed by atoms with van der Waals surface area (Å²) in [4.78, 5) is 12.1. The smallest absolute Gasteiger partial charge is 0.334 e. The van der Waals surface area contributed by atoms with E-state index in [4.69, 9.17) is 26.8 Å². The molecule has 0 spiro atoms. The van der Waals surface area contributed by atoms with Crippen molar-refractivity contribution in [2.45, 2.75) is 16.2 Å². The first-order valence-corrected chi connectivity index (χ1v) is 10.2. The molecule has 3 rings (SSSR count). The average Bonchev–Trinajstić information content (AvgIpc) is 2.74. The lowest BCUT2D eigenvalue weighted by Crippen LogP contribution is -2.26. The van der Waals surface area contributed by atoms with Gasteiger partial charge in [0.2, 0.25) is 0 Å². The molecule has 6 nitrogen and oxygen atoms in total. The quantitative estimate of drug-likeness (QED) is 0.331. The number of nitrogens with two attached hydrogens (primary N) is 1. The molecule has 0 aliphatic heterocycles. The Balaban J connectivity index is 1.93. The number of rotatable bonds is 8. The van der Waals surface area contributed by atoms with Gasteiger partial charge >= 0.3 is 5.97 Å². The van der Waals surface area contributed by atoms with Gasteiger partial charge in [-0.2, -0.15) is 0 Å². The largest absolute Gasteiger partial charge is 0.495 e. The SMILES string of the molecule is COc1ccc(C(Sc2cc(Oc3ccccc3)ccc2N)C(O)C(=O)O)cc1Cl. The second-order valence-corrected chi connectivity index (χ2v) is 7.92. The van der Waals surface area contributed by atoms with E-state index in [1.54, 1.807) is 36.4 Å². The second kappa shape index (κ2) is 9.75. The minimum atomic E-state index is -1.68. The van der Waals surface area contributed by atoms with Crippen LogP contribution < -0.4 is 15.2 Å². The molecule has 2 unspecified atom stereocenters. The zero-order chi connectivity index (χ0) is 21.7. The van der Waals surface area contributed by atoms with Crippen molar-refractivity contribution in [2.24, 2.45) is 0 Å². The van der Waals surface area contributed by atoms with E-state index in [1.807, 2.05) is 30.3 Å². The lowest BCUT2D eigenvalue weighted by atomic mass is 10.1. The van der Waals surface area contributed by atoms with Gasteiger partial charge in [0.05, 0.1) is 17.4 Å². The third-order valence-corrected chi connectivity index (χ3v) is 5.95. The van der Waals surface area contributed by atoms with E-state index in [1.165, 1.54) is 7.11 Å². The van der Waals surface area contributed by atoms with Gasteiger partial charge in [-0.05, 0) is 48.0 Å². The third-order valence-electron chi connectivity index (χ3n) is 4.26. The molecule has 0 saturated carbocycles. The lowest BCUT2D eigenvalue weighted by molar-refractivity contribution is -0.146. The summed E-state index contributed by atoms with van der Waals surface area (Å²) in [6.07, 6.45) is -1.68. The maximum Gasteiger partial charge on any atom is 0.334 e. The highest BCUT2D eigenvalue weighted by Crippen LogP contribution is 2.43. The van der Waals surface area contributed by atoms with Crippen LogP contribution in [0.5, 0.6) is 17.2 Å². The van der Waals surface area contributed by atoms with Crippen molar-refractivity contribution in [3.8, 4) is 17.2 Å². The number of thioether (sulfide) groups is 1. The molecule has 156 valence electrons. The van der Waals surface area contributed by atoms with E-state index in [-0.39, 0.29) is 0 Å². The monoisotopic (exact) mass is 445 g/mol. The molecule has 3 aromatic rings. The van der Waals surface area contributed by atoms with Crippen molar-refractivity contribution in [3.05, 3.63) is 77.3 Å². The molecular weight excluding hydrogens is 426 g/mol. The summed E-state index contributed by atoms with van der Waals surface area (Å²) in [5, 5.41) is 19.2. The Kier molecular flexibility index (Phi) is 7.10. The minimum Gasteiger partial charge on any atom is -0.495 e. The van der Waals surface area contributed by atoms with Crippen molar-refractivity contribution in [2.75, 3.05) is 12.8 Å². The fraction of sp³-hybridized carbons (Fsp3) is 0.136. The number of aliphatic hydroxyl groups excluding tert-OH is 1. The Labute approximate surface area is 183 Å². The Hall–Kier alpha value is -2.87. The Morgan fingerprint density at radius 2 is 1.80 bits per heavy atom. The lowest BCUT2D eigenvalue weighted by Gasteiger charge is -2.22. The van der Waals surface area contributed by atoms with Gasteiger partial charge < -0.3 is 25.4 Å². The molecule has 0 radical (unpaired) electrons. The van der Waals surface area contributed by atoms with Gasteiger partial charge in [0.15, 0.2) is 6.10 Å². The van der Waals surface area contributed by atoms with E-state index < -0.39 is 17.3 Å². The highest BCUT2D eigenvalue weighted by atomic mass is 35.5. The molecule has 0 aromatic heterocycles. The molecule has 30 heavy (non-hydrogen) atoms. The molecule has 0 aliphatic carbocycles. The number of carbonyl (C=O) groups is 1. The fourth-order valence-electron chi connectivity index (χ4n) is 2.75. The van der Waals surface area contributed by atoms with Crippen LogP contribution in [0.1, 0.15) is 10.8 Å². The van der Waals surface area contributed by atoms with E-state index in [0.29, 0.717) is 38.4 Å². The Morgan fingerprint density at radius 3 is 2.43 bits per heavy atom. The number of aliphatic hydroxyl groups is 1. The second-order valence-electron chi connectivity index (χ2n) is 6.33. The van der Waals surface area contributed by atoms with Crippen LogP contribution in [-0.4, -0.2) is 29.4 Å². The van der Waals surface area contributed by atoms with Crippen molar-refractivity contribution >= 4 is 35.0 Å². The highest BCUT2D eigenvalue weighted by molar-refractivity contribution is 7.99. The minimum absolute atomic E-state index is 0.312. The predicted octanol–water partition coefficient (Wildman–Crippen LogP) is 5.00. The molecule has 0 saturated heterocycles. The maximum absolute atomic E-state index is 11.5. The molecule has 0 heterocycles. The molecular formula is C22H20ClNO5S. The maximum atomic E-state index is 11.5. The highest BCUT2D eigenvalue weighted by Gasteiger charge is 2.29. The van der Waals surface area contributed by atoms with Gasteiger partial charge in [-0.25, -0.2) is 4.79 Å². The van der Waals surface area contributed by atoms with Crippen LogP contribution in [0.4, 0.5) is 5.69 Å². The van der Waals surface area contributed by atoms with Gasteiger partial charge in [-0.15, -0.1) is 11.8 Å². The first-order chi connectivity index (χ1) is 14.4. The van der Waals surface area contributed by atoms with Crippen LogP contribution in [-0.2, 0) is 4.79 Å². The molecule has 2 atom stereocenters. The Morgan fingerprint density at radius 1 is 1.07 bits per heavy atom. The summed E-state index contributed by atoms with van der Waals surface area (Å²) in [5.74, 6) is 0.290. The number of hydrogen-bond donors (Lipinski definition) is 3. The number of nitrogen functional groups attached to an aromatic ring is 1. The van der Waals surface area contributed by atoms with E-state index in [2.05, 4.69) is 0 Å². The van der Waals surface area contributed by atoms with Crippen LogP contribution in [0.25, 0.3) is 0 Å². The van der Waals surface area contributed by atoms with Crippen molar-refractivity contribution in [1.29, 1.82) is 0 Å². The van der Waals surface area contributed by atoms with Gasteiger partial charge in [0.1, 0.15) is 17.2 Å². The van der Waals surface area contributed by atoms with Crippen LogP contribution in [0, 0.1) is 0 Å². The number of benzene rings is 3. The summed E-state index contributed by atoms with van der Waals surface area (Å²) in [7, 11) is 1.48. The summed E-state index contributed by atoms with van der Waals surface area (Å²) < 4.78 is 11.0. The number of anilines is 1. The van der Waals surface area contributed by atoms with E-state index >= 15 is 0 Å². The number of ether oxygens (including phenoxy) is 2. The van der Waals surface area contributed by atoms with Crippen LogP contribution in [0.15, 0.2) is 71.6 Å². The number of hydrogen-bond acceptors (Lipinski definition) is 6. The molecule has 4 N–H and O–H groups in total. The third kappa shape index (κ3) is 5.18. The summed E-state index contributed by atoms with van der Waals surface area (Å²) in [6, 6.07) is 19.2.